The van der Waals surface area contributed by atoms with Crippen molar-refractivity contribution in [1.29, 1.82) is 0 Å². The second kappa shape index (κ2) is 8.34. The van der Waals surface area contributed by atoms with Crippen LogP contribution in [-0.2, 0) is 4.79 Å². The predicted molar refractivity (Wildman–Crippen MR) is 99.1 cm³/mol. The number of aromatic nitrogens is 4. The van der Waals surface area contributed by atoms with E-state index in [1.54, 1.807) is 16.8 Å². The Bertz CT molecular complexity index is 892. The average Bonchev–Trinajstić information content (AvgIpc) is 3.20. The molecule has 0 unspecified atom stereocenters. The zero-order chi connectivity index (χ0) is 18.4. The lowest BCUT2D eigenvalue weighted by Gasteiger charge is -2.06. The van der Waals surface area contributed by atoms with Crippen LogP contribution in [0.1, 0.15) is 12.5 Å². The largest absolute Gasteiger partial charge is 0.484 e. The van der Waals surface area contributed by atoms with Crippen molar-refractivity contribution in [3.63, 3.8) is 0 Å². The van der Waals surface area contributed by atoms with Crippen molar-refractivity contribution < 1.29 is 9.53 Å². The van der Waals surface area contributed by atoms with Gasteiger partial charge in [0.15, 0.2) is 6.61 Å². The zero-order valence-corrected chi connectivity index (χ0v) is 15.4. The van der Waals surface area contributed by atoms with Crippen LogP contribution in [0.15, 0.2) is 64.4 Å². The zero-order valence-electron chi connectivity index (χ0n) is 13.8. The van der Waals surface area contributed by atoms with Gasteiger partial charge in [0, 0.05) is 4.47 Å². The molecule has 0 radical (unpaired) electrons. The van der Waals surface area contributed by atoms with Crippen molar-refractivity contribution in [3.05, 3.63) is 64.9 Å². The van der Waals surface area contributed by atoms with Crippen LogP contribution >= 0.6 is 15.9 Å². The monoisotopic (exact) mass is 414 g/mol. The lowest BCUT2D eigenvalue weighted by atomic mass is 10.1. The third-order valence-corrected chi connectivity index (χ3v) is 3.96. The van der Waals surface area contributed by atoms with E-state index in [9.17, 15) is 4.79 Å². The van der Waals surface area contributed by atoms with Crippen molar-refractivity contribution >= 4 is 27.5 Å². The number of hydrogen-bond donors (Lipinski definition) is 1. The molecule has 0 saturated heterocycles. The molecule has 0 atom stereocenters. The lowest BCUT2D eigenvalue weighted by Crippen LogP contribution is -2.25. The second-order valence-corrected chi connectivity index (χ2v) is 6.19. The number of nitrogens with one attached hydrogen (secondary N) is 1. The third-order valence-electron chi connectivity index (χ3n) is 3.43. The molecule has 9 heteroatoms. The summed E-state index contributed by atoms with van der Waals surface area (Å²) in [6.07, 6.45) is 1.52. The number of carbonyl (C=O) groups excluding carboxylic acids is 1. The SMILES string of the molecule is C/C(=N/NC(=O)COc1ccc(Br)cc1)c1ccc(-n2cnnn2)cc1. The molecule has 0 aliphatic heterocycles. The summed E-state index contributed by atoms with van der Waals surface area (Å²) in [6, 6.07) is 14.7. The average molecular weight is 415 g/mol. The molecule has 0 fully saturated rings. The third kappa shape index (κ3) is 4.73. The van der Waals surface area contributed by atoms with Gasteiger partial charge >= 0.3 is 0 Å². The van der Waals surface area contributed by atoms with Crippen LogP contribution in [0, 0.1) is 0 Å². The highest BCUT2D eigenvalue weighted by molar-refractivity contribution is 9.10. The molecule has 0 saturated carbocycles. The number of amides is 1. The molecule has 0 bridgehead atoms. The van der Waals surface area contributed by atoms with E-state index in [1.165, 1.54) is 6.33 Å². The van der Waals surface area contributed by atoms with E-state index < -0.39 is 0 Å². The van der Waals surface area contributed by atoms with Crippen LogP contribution in [0.2, 0.25) is 0 Å². The topological polar surface area (TPSA) is 94.3 Å². The van der Waals surface area contributed by atoms with Crippen molar-refractivity contribution in [2.45, 2.75) is 6.92 Å². The summed E-state index contributed by atoms with van der Waals surface area (Å²) in [6.45, 7) is 1.69. The molecule has 0 spiro atoms. The van der Waals surface area contributed by atoms with Crippen LogP contribution in [0.4, 0.5) is 0 Å². The van der Waals surface area contributed by atoms with Crippen LogP contribution in [-0.4, -0.2) is 38.4 Å². The Hall–Kier alpha value is -3.07. The number of hydrogen-bond acceptors (Lipinski definition) is 6. The Morgan fingerprint density at radius 3 is 2.58 bits per heavy atom. The summed E-state index contributed by atoms with van der Waals surface area (Å²) in [5, 5.41) is 15.1. The van der Waals surface area contributed by atoms with E-state index in [0.717, 1.165) is 15.7 Å². The van der Waals surface area contributed by atoms with Gasteiger partial charge in [-0.2, -0.15) is 5.10 Å². The van der Waals surface area contributed by atoms with Crippen LogP contribution < -0.4 is 10.2 Å². The Morgan fingerprint density at radius 1 is 1.19 bits per heavy atom. The van der Waals surface area contributed by atoms with Gasteiger partial charge in [0.1, 0.15) is 12.1 Å². The van der Waals surface area contributed by atoms with Gasteiger partial charge in [0.05, 0.1) is 11.4 Å². The summed E-state index contributed by atoms with van der Waals surface area (Å²) >= 11 is 3.34. The van der Waals surface area contributed by atoms with E-state index in [4.69, 9.17) is 4.74 Å². The predicted octanol–water partition coefficient (Wildman–Crippen LogP) is 2.34. The van der Waals surface area contributed by atoms with Gasteiger partial charge in [0.2, 0.25) is 0 Å². The lowest BCUT2D eigenvalue weighted by molar-refractivity contribution is -0.123. The summed E-state index contributed by atoms with van der Waals surface area (Å²) in [5.74, 6) is 0.278. The van der Waals surface area contributed by atoms with Crippen LogP contribution in [0.3, 0.4) is 0 Å². The smallest absolute Gasteiger partial charge is 0.277 e. The molecular weight excluding hydrogens is 400 g/mol. The fraction of sp³-hybridized carbons (Fsp3) is 0.118. The number of benzene rings is 2. The molecule has 1 N–H and O–H groups in total. The van der Waals surface area contributed by atoms with Gasteiger partial charge in [-0.25, -0.2) is 10.1 Å². The molecule has 1 aromatic heterocycles. The first-order chi connectivity index (χ1) is 12.6. The number of carbonyl (C=O) groups is 1. The summed E-state index contributed by atoms with van der Waals surface area (Å²) in [4.78, 5) is 11.9. The maximum Gasteiger partial charge on any atom is 0.277 e. The van der Waals surface area contributed by atoms with Crippen LogP contribution in [0.5, 0.6) is 5.75 Å². The fourth-order valence-electron chi connectivity index (χ4n) is 2.06. The number of hydrazone groups is 1. The minimum Gasteiger partial charge on any atom is -0.484 e. The van der Waals surface area contributed by atoms with Gasteiger partial charge in [-0.1, -0.05) is 28.1 Å². The quantitative estimate of drug-likeness (QED) is 0.493. The molecule has 26 heavy (non-hydrogen) atoms. The van der Waals surface area contributed by atoms with Gasteiger partial charge in [-0.15, -0.1) is 5.10 Å². The Balaban J connectivity index is 1.54. The minimum atomic E-state index is -0.336. The minimum absolute atomic E-state index is 0.114. The van der Waals surface area contributed by atoms with E-state index >= 15 is 0 Å². The highest BCUT2D eigenvalue weighted by Crippen LogP contribution is 2.15. The molecule has 0 aliphatic carbocycles. The van der Waals surface area contributed by atoms with E-state index in [-0.39, 0.29) is 12.5 Å². The van der Waals surface area contributed by atoms with Crippen LogP contribution in [0.25, 0.3) is 5.69 Å². The van der Waals surface area contributed by atoms with Crippen molar-refractivity contribution in [1.82, 2.24) is 25.6 Å². The van der Waals surface area contributed by atoms with Crippen molar-refractivity contribution in [3.8, 4) is 11.4 Å². The van der Waals surface area contributed by atoms with Gasteiger partial charge in [-0.3, -0.25) is 4.79 Å². The number of rotatable bonds is 6. The number of ether oxygens (including phenoxy) is 1. The van der Waals surface area contributed by atoms with E-state index in [0.29, 0.717) is 11.5 Å². The molecule has 132 valence electrons. The van der Waals surface area contributed by atoms with Gasteiger partial charge in [-0.05, 0) is 59.3 Å². The molecule has 1 amide bonds. The normalized spacial score (nSPS) is 11.2. The summed E-state index contributed by atoms with van der Waals surface area (Å²) in [7, 11) is 0. The molecule has 3 aromatic rings. The number of tetrazole rings is 1. The van der Waals surface area contributed by atoms with E-state index in [1.807, 2.05) is 43.3 Å². The molecular formula is C17H15BrN6O2. The fourth-order valence-corrected chi connectivity index (χ4v) is 2.32. The molecule has 1 heterocycles. The Labute approximate surface area is 158 Å². The van der Waals surface area contributed by atoms with Gasteiger partial charge < -0.3 is 4.74 Å². The molecule has 8 nitrogen and oxygen atoms in total. The molecule has 0 aliphatic rings. The van der Waals surface area contributed by atoms with Gasteiger partial charge in [0.25, 0.3) is 5.91 Å². The Morgan fingerprint density at radius 2 is 1.92 bits per heavy atom. The first-order valence-corrected chi connectivity index (χ1v) is 8.46. The second-order valence-electron chi connectivity index (χ2n) is 5.28. The number of halogens is 1. The summed E-state index contributed by atoms with van der Waals surface area (Å²) < 4.78 is 7.89. The number of nitrogens with zero attached hydrogens (tertiary/aromatic N) is 5. The van der Waals surface area contributed by atoms with Crippen molar-refractivity contribution in [2.24, 2.45) is 5.10 Å². The maximum atomic E-state index is 11.9. The molecule has 2 aromatic carbocycles. The van der Waals surface area contributed by atoms with E-state index in [2.05, 4.69) is 42.0 Å². The highest BCUT2D eigenvalue weighted by atomic mass is 79.9. The highest BCUT2D eigenvalue weighted by Gasteiger charge is 2.04. The Kier molecular flexibility index (Phi) is 5.69. The standard InChI is InChI=1S/C17H15BrN6O2/c1-12(13-2-6-15(7-3-13)24-11-19-22-23-24)20-21-17(25)10-26-16-8-4-14(18)5-9-16/h2-9,11H,10H2,1H3,(H,21,25)/b20-12-. The molecule has 3 rings (SSSR count). The maximum absolute atomic E-state index is 11.9. The summed E-state index contributed by atoms with van der Waals surface area (Å²) in [5.41, 5.74) is 4.86. The van der Waals surface area contributed by atoms with Crippen molar-refractivity contribution in [2.75, 3.05) is 6.61 Å². The first-order valence-electron chi connectivity index (χ1n) is 7.67. The first kappa shape index (κ1) is 17.7.